The Bertz CT molecular complexity index is 1380. The molecule has 0 saturated carbocycles. The molecule has 1 saturated heterocycles. The minimum Gasteiger partial charge on any atom is -0.388 e. The fourth-order valence-electron chi connectivity index (χ4n) is 4.12. The molecule has 0 aliphatic carbocycles. The van der Waals surface area contributed by atoms with Crippen LogP contribution in [0, 0.1) is 13.8 Å². The molecule has 5 rings (SSSR count). The summed E-state index contributed by atoms with van der Waals surface area (Å²) in [5.74, 6) is -0.174. The molecule has 170 valence electrons. The van der Waals surface area contributed by atoms with Gasteiger partial charge in [-0.05, 0) is 50.4 Å². The highest BCUT2D eigenvalue weighted by atomic mass is 32.1. The van der Waals surface area contributed by atoms with Crippen molar-refractivity contribution in [3.8, 4) is 5.69 Å². The number of benzene rings is 1. The molecular weight excluding hydrogens is 442 g/mol. The predicted octanol–water partition coefficient (Wildman–Crippen LogP) is 1.72. The lowest BCUT2D eigenvalue weighted by Gasteiger charge is -2.38. The topological polar surface area (TPSA) is 119 Å². The van der Waals surface area contributed by atoms with E-state index >= 15 is 0 Å². The fraction of sp³-hybridized carbons (Fsp3) is 0.364. The van der Waals surface area contributed by atoms with Gasteiger partial charge in [0.1, 0.15) is 11.7 Å². The molecule has 4 heterocycles. The Kier molecular flexibility index (Phi) is 5.29. The summed E-state index contributed by atoms with van der Waals surface area (Å²) >= 11 is 1.19. The van der Waals surface area contributed by atoms with Crippen LogP contribution in [-0.4, -0.2) is 63.5 Å². The number of fused-ring (bicyclic) bond motifs is 1. The third kappa shape index (κ3) is 3.93. The quantitative estimate of drug-likeness (QED) is 0.487. The van der Waals surface area contributed by atoms with E-state index in [1.165, 1.54) is 28.6 Å². The van der Waals surface area contributed by atoms with Gasteiger partial charge in [0, 0.05) is 13.1 Å². The highest BCUT2D eigenvalue weighted by Crippen LogP contribution is 2.25. The van der Waals surface area contributed by atoms with Crippen molar-refractivity contribution in [2.24, 2.45) is 0 Å². The highest BCUT2D eigenvalue weighted by Gasteiger charge is 2.36. The zero-order chi connectivity index (χ0) is 23.2. The maximum absolute atomic E-state index is 13.1. The average molecular weight is 466 g/mol. The van der Waals surface area contributed by atoms with Gasteiger partial charge in [-0.25, -0.2) is 9.67 Å². The number of carbonyl (C=O) groups is 1. The summed E-state index contributed by atoms with van der Waals surface area (Å²) < 4.78 is 6.88. The summed E-state index contributed by atoms with van der Waals surface area (Å²) in [6.07, 6.45) is 3.67. The molecule has 4 aromatic rings. The molecule has 1 aliphatic heterocycles. The van der Waals surface area contributed by atoms with Crippen molar-refractivity contribution in [1.29, 1.82) is 0 Å². The van der Waals surface area contributed by atoms with E-state index < -0.39 is 5.60 Å². The summed E-state index contributed by atoms with van der Waals surface area (Å²) in [6, 6.07) is 7.80. The zero-order valence-corrected chi connectivity index (χ0v) is 19.1. The Labute approximate surface area is 193 Å². The van der Waals surface area contributed by atoms with Crippen molar-refractivity contribution in [1.82, 2.24) is 33.8 Å². The first-order chi connectivity index (χ1) is 15.8. The van der Waals surface area contributed by atoms with Gasteiger partial charge in [-0.3, -0.25) is 14.2 Å². The number of aromatic nitrogens is 6. The molecule has 0 unspecified atom stereocenters. The zero-order valence-electron chi connectivity index (χ0n) is 18.3. The lowest BCUT2D eigenvalue weighted by atomic mass is 9.91. The van der Waals surface area contributed by atoms with E-state index in [2.05, 4.69) is 19.7 Å². The van der Waals surface area contributed by atoms with Crippen molar-refractivity contribution in [3.05, 3.63) is 63.3 Å². The number of aryl methyl sites for hydroxylation is 2. The van der Waals surface area contributed by atoms with Gasteiger partial charge < -0.3 is 10.0 Å². The molecule has 0 atom stereocenters. The highest BCUT2D eigenvalue weighted by molar-refractivity contribution is 7.05. The second-order valence-electron chi connectivity index (χ2n) is 8.50. The first-order valence-corrected chi connectivity index (χ1v) is 11.4. The van der Waals surface area contributed by atoms with Gasteiger partial charge in [-0.15, -0.1) is 5.10 Å². The number of amides is 1. The van der Waals surface area contributed by atoms with Gasteiger partial charge in [0.2, 0.25) is 0 Å². The summed E-state index contributed by atoms with van der Waals surface area (Å²) in [7, 11) is 0. The number of aliphatic hydroxyl groups is 1. The van der Waals surface area contributed by atoms with Crippen LogP contribution in [0.5, 0.6) is 0 Å². The third-order valence-corrected chi connectivity index (χ3v) is 6.76. The third-order valence-electron chi connectivity index (χ3n) is 6.13. The number of likely N-dealkylation sites (tertiary alicyclic amines) is 1. The molecular formula is C22H23N7O3S. The number of piperidine rings is 1. The Balaban J connectivity index is 1.34. The Morgan fingerprint density at radius 1 is 1.18 bits per heavy atom. The van der Waals surface area contributed by atoms with Crippen LogP contribution in [0.2, 0.25) is 0 Å². The van der Waals surface area contributed by atoms with E-state index in [4.69, 9.17) is 0 Å². The van der Waals surface area contributed by atoms with Crippen molar-refractivity contribution < 1.29 is 9.90 Å². The largest absolute Gasteiger partial charge is 0.388 e. The summed E-state index contributed by atoms with van der Waals surface area (Å²) in [4.78, 5) is 32.7. The maximum atomic E-state index is 13.1. The van der Waals surface area contributed by atoms with Gasteiger partial charge in [0.25, 0.3) is 11.5 Å². The number of nitrogens with zero attached hydrogens (tertiary/aromatic N) is 7. The first kappa shape index (κ1) is 21.4. The first-order valence-electron chi connectivity index (χ1n) is 10.7. The van der Waals surface area contributed by atoms with Crippen LogP contribution in [0.1, 0.15) is 33.8 Å². The van der Waals surface area contributed by atoms with Crippen LogP contribution < -0.4 is 5.56 Å². The van der Waals surface area contributed by atoms with E-state index in [9.17, 15) is 14.7 Å². The van der Waals surface area contributed by atoms with Gasteiger partial charge in [-0.2, -0.15) is 5.10 Å². The summed E-state index contributed by atoms with van der Waals surface area (Å²) in [5.41, 5.74) is 1.42. The van der Waals surface area contributed by atoms with Crippen LogP contribution >= 0.6 is 11.5 Å². The molecule has 0 bridgehead atoms. The van der Waals surface area contributed by atoms with E-state index in [-0.39, 0.29) is 18.0 Å². The molecule has 1 N–H and O–H groups in total. The van der Waals surface area contributed by atoms with E-state index in [0.29, 0.717) is 42.7 Å². The van der Waals surface area contributed by atoms with Crippen LogP contribution in [-0.2, 0) is 6.54 Å². The van der Waals surface area contributed by atoms with Gasteiger partial charge in [0.05, 0.1) is 28.9 Å². The normalized spacial score (nSPS) is 15.8. The smallest absolute Gasteiger partial charge is 0.275 e. The molecule has 1 aromatic carbocycles. The Morgan fingerprint density at radius 3 is 2.58 bits per heavy atom. The monoisotopic (exact) mass is 465 g/mol. The lowest BCUT2D eigenvalue weighted by Crippen LogP contribution is -2.49. The molecule has 1 fully saturated rings. The van der Waals surface area contributed by atoms with Crippen LogP contribution in [0.4, 0.5) is 0 Å². The van der Waals surface area contributed by atoms with E-state index in [1.807, 2.05) is 38.1 Å². The van der Waals surface area contributed by atoms with E-state index in [0.717, 1.165) is 16.1 Å². The maximum Gasteiger partial charge on any atom is 0.275 e. The van der Waals surface area contributed by atoms with Crippen LogP contribution in [0.25, 0.3) is 16.7 Å². The lowest BCUT2D eigenvalue weighted by molar-refractivity contribution is -0.0300. The number of hydrogen-bond acceptors (Lipinski definition) is 8. The van der Waals surface area contributed by atoms with Crippen LogP contribution in [0.3, 0.4) is 0 Å². The minimum absolute atomic E-state index is 0.101. The van der Waals surface area contributed by atoms with Crippen molar-refractivity contribution >= 4 is 28.5 Å². The van der Waals surface area contributed by atoms with Gasteiger partial charge >= 0.3 is 0 Å². The Hall–Kier alpha value is -3.44. The second-order valence-corrected chi connectivity index (χ2v) is 9.46. The van der Waals surface area contributed by atoms with Crippen LogP contribution in [0.15, 0.2) is 41.6 Å². The van der Waals surface area contributed by atoms with Crippen molar-refractivity contribution in [2.45, 2.75) is 38.8 Å². The molecule has 0 radical (unpaired) electrons. The molecule has 33 heavy (non-hydrogen) atoms. The molecule has 11 heteroatoms. The minimum atomic E-state index is -1.11. The van der Waals surface area contributed by atoms with Gasteiger partial charge in [0.15, 0.2) is 11.3 Å². The SMILES string of the molecule is Cc1ccc(-n2ncc3c(=O)n(CC4(O)CCN(C(=O)c5nnsc5C)CC4)cnc32)cc1. The predicted molar refractivity (Wildman–Crippen MR) is 123 cm³/mol. The standard InChI is InChI=1S/C22H23N7O3S/c1-14-3-5-16(6-4-14)29-19-17(11-24-29)20(30)28(13-23-19)12-22(32)7-9-27(10-8-22)21(31)18-15(2)33-26-25-18/h3-6,11,13,32H,7-10,12H2,1-2H3. The molecule has 1 aliphatic rings. The number of hydrogen-bond donors (Lipinski definition) is 1. The number of carbonyl (C=O) groups excluding carboxylic acids is 1. The van der Waals surface area contributed by atoms with Crippen molar-refractivity contribution in [3.63, 3.8) is 0 Å². The number of rotatable bonds is 4. The molecule has 0 spiro atoms. The summed E-state index contributed by atoms with van der Waals surface area (Å²) in [6.45, 7) is 4.67. The molecule has 3 aromatic heterocycles. The summed E-state index contributed by atoms with van der Waals surface area (Å²) in [5, 5.41) is 19.8. The van der Waals surface area contributed by atoms with Crippen molar-refractivity contribution in [2.75, 3.05) is 13.1 Å². The second kappa shape index (κ2) is 8.16. The van der Waals surface area contributed by atoms with E-state index in [1.54, 1.807) is 9.58 Å². The fourth-order valence-corrected chi connectivity index (χ4v) is 4.58. The Morgan fingerprint density at radius 2 is 1.91 bits per heavy atom. The average Bonchev–Trinajstić information content (AvgIpc) is 3.43. The molecule has 10 nitrogen and oxygen atoms in total. The van der Waals surface area contributed by atoms with Gasteiger partial charge in [-0.1, -0.05) is 22.2 Å². The molecule has 1 amide bonds.